The third kappa shape index (κ3) is 19.5. The topological polar surface area (TPSA) is 101 Å². The van der Waals surface area contributed by atoms with Crippen LogP contribution in [-0.2, 0) is 19.2 Å². The van der Waals surface area contributed by atoms with Gasteiger partial charge in [-0.3, -0.25) is 19.2 Å². The Balaban J connectivity index is 0.000000407. The van der Waals surface area contributed by atoms with Gasteiger partial charge >= 0.3 is 0 Å². The molecule has 61 heavy (non-hydrogen) atoms. The molecule has 1 N–H and O–H groups in total. The number of aliphatic hydroxyl groups is 1. The number of halogens is 2. The van der Waals surface area contributed by atoms with Gasteiger partial charge in [-0.2, -0.15) is 0 Å². The molecule has 0 aliphatic carbocycles. The van der Waals surface area contributed by atoms with E-state index in [0.717, 1.165) is 38.8 Å². The largest absolute Gasteiger partial charge is 0.391 e. The van der Waals surface area contributed by atoms with Gasteiger partial charge < -0.3 is 24.7 Å². The first kappa shape index (κ1) is 56.7. The van der Waals surface area contributed by atoms with Gasteiger partial charge in [-0.05, 0) is 80.5 Å². The molecule has 4 rings (SSSR count). The van der Waals surface area contributed by atoms with Crippen LogP contribution in [0.2, 0.25) is 0 Å². The molecule has 9 nitrogen and oxygen atoms in total. The zero-order valence-electron chi connectivity index (χ0n) is 42.3. The molecule has 0 aromatic carbocycles. The van der Waals surface area contributed by atoms with Gasteiger partial charge in [-0.25, -0.2) is 8.78 Å². The van der Waals surface area contributed by atoms with Crippen LogP contribution in [0.5, 0.6) is 0 Å². The van der Waals surface area contributed by atoms with E-state index in [1.165, 1.54) is 24.2 Å². The Kier molecular flexibility index (Phi) is 23.5. The van der Waals surface area contributed by atoms with Gasteiger partial charge in [0.05, 0.1) is 12.6 Å². The predicted molar refractivity (Wildman–Crippen MR) is 247 cm³/mol. The number of nitrogens with zero attached hydrogens (tertiary/aromatic N) is 4. The third-order valence-corrected chi connectivity index (χ3v) is 12.1. The fourth-order valence-corrected chi connectivity index (χ4v) is 9.50. The number of carbonyl (C=O) groups excluding carboxylic acids is 4. The Morgan fingerprint density at radius 1 is 0.525 bits per heavy atom. The van der Waals surface area contributed by atoms with Crippen LogP contribution in [0.3, 0.4) is 0 Å². The maximum absolute atomic E-state index is 13.3. The second-order valence-electron chi connectivity index (χ2n) is 22.7. The smallest absolute Gasteiger partial charge is 0.267 e. The Labute approximate surface area is 372 Å². The maximum Gasteiger partial charge on any atom is 0.267 e. The standard InChI is InChI=1S/C14H27NO.C12H21F2NO.C12H23NO2.C12H23NO/c1-10(2)7-12-8-14(5,6)9-15(12)13(16)11(3)4;1-8(2)5-10-6-12(13,14)7-15(10)11(16)9(3)4;1-8(2)5-10-6-11(14)7-13(10)12(15)9(3)4;1-9(2)8-11-6-5-7-13(11)12(14)10(3)4/h10-12H,7-9H2,1-6H3;8-10H,5-7H2,1-4H3;8-11,14H,5-7H2,1-4H3;9-11H,5-8H2,1-4H3. The van der Waals surface area contributed by atoms with E-state index < -0.39 is 12.5 Å². The first-order valence-corrected chi connectivity index (χ1v) is 24.2. The molecule has 4 saturated heterocycles. The summed E-state index contributed by atoms with van der Waals surface area (Å²) in [5.74, 6) is 0.375. The van der Waals surface area contributed by atoms with E-state index in [1.54, 1.807) is 13.8 Å². The van der Waals surface area contributed by atoms with Gasteiger partial charge in [0.25, 0.3) is 5.92 Å². The second-order valence-corrected chi connectivity index (χ2v) is 22.7. The summed E-state index contributed by atoms with van der Waals surface area (Å²) >= 11 is 0. The maximum atomic E-state index is 13.3. The Morgan fingerprint density at radius 2 is 0.885 bits per heavy atom. The molecule has 0 saturated carbocycles. The number of hydrogen-bond acceptors (Lipinski definition) is 5. The SMILES string of the molecule is CC(C)CC1CC(C)(C)CN1C(=O)C(C)C.CC(C)CC1CC(F)(F)CN1C(=O)C(C)C.CC(C)CC1CC(O)CN1C(=O)C(C)C.CC(C)CC1CCCN1C(=O)C(C)C. The fraction of sp³-hybridized carbons (Fsp3) is 0.920. The zero-order valence-corrected chi connectivity index (χ0v) is 42.3. The number of amides is 4. The molecule has 11 heteroatoms. The lowest BCUT2D eigenvalue weighted by Crippen LogP contribution is -2.39. The lowest BCUT2D eigenvalue weighted by molar-refractivity contribution is -0.137. The van der Waals surface area contributed by atoms with E-state index in [-0.39, 0.29) is 60.1 Å². The molecule has 0 spiro atoms. The van der Waals surface area contributed by atoms with Crippen LogP contribution in [-0.4, -0.2) is 111 Å². The van der Waals surface area contributed by atoms with E-state index in [2.05, 4.69) is 65.2 Å². The van der Waals surface area contributed by atoms with Gasteiger partial charge in [-0.1, -0.05) is 125 Å². The summed E-state index contributed by atoms with van der Waals surface area (Å²) in [5.41, 5.74) is 0.296. The summed E-state index contributed by atoms with van der Waals surface area (Å²) in [4.78, 5) is 55.2. The molecule has 0 bridgehead atoms. The summed E-state index contributed by atoms with van der Waals surface area (Å²) in [6.45, 7) is 39.1. The van der Waals surface area contributed by atoms with Crippen molar-refractivity contribution in [1.82, 2.24) is 19.6 Å². The van der Waals surface area contributed by atoms with Gasteiger partial charge in [0.15, 0.2) is 0 Å². The normalized spacial score (nSPS) is 24.6. The van der Waals surface area contributed by atoms with Crippen molar-refractivity contribution >= 4 is 23.6 Å². The van der Waals surface area contributed by atoms with Crippen LogP contribution < -0.4 is 0 Å². The number of alkyl halides is 2. The molecular formula is C50H94F2N4O5. The molecule has 5 unspecified atom stereocenters. The summed E-state index contributed by atoms with van der Waals surface area (Å²) in [6, 6.07) is 0.939. The van der Waals surface area contributed by atoms with E-state index in [1.807, 2.05) is 60.3 Å². The summed E-state index contributed by atoms with van der Waals surface area (Å²) in [7, 11) is 0. The van der Waals surface area contributed by atoms with Crippen LogP contribution in [0.25, 0.3) is 0 Å². The van der Waals surface area contributed by atoms with Crippen molar-refractivity contribution in [1.29, 1.82) is 0 Å². The predicted octanol–water partition coefficient (Wildman–Crippen LogP) is 10.6. The zero-order chi connectivity index (χ0) is 47.3. The van der Waals surface area contributed by atoms with E-state index in [4.69, 9.17) is 0 Å². The van der Waals surface area contributed by atoms with Crippen LogP contribution in [0, 0.1) is 52.8 Å². The fourth-order valence-electron chi connectivity index (χ4n) is 9.50. The first-order chi connectivity index (χ1) is 27.9. The van der Waals surface area contributed by atoms with E-state index in [0.29, 0.717) is 66.0 Å². The minimum atomic E-state index is -2.70. The summed E-state index contributed by atoms with van der Waals surface area (Å²) in [6.07, 6.45) is 7.76. The molecule has 4 amide bonds. The highest BCUT2D eigenvalue weighted by Gasteiger charge is 2.47. The molecule has 0 aromatic rings. The average Bonchev–Trinajstić information content (AvgIpc) is 3.86. The van der Waals surface area contributed by atoms with Crippen molar-refractivity contribution in [3.05, 3.63) is 0 Å². The van der Waals surface area contributed by atoms with Crippen molar-refractivity contribution in [2.75, 3.05) is 26.2 Å². The van der Waals surface area contributed by atoms with Gasteiger partial charge in [0, 0.05) is 73.9 Å². The van der Waals surface area contributed by atoms with Crippen molar-refractivity contribution < 1.29 is 33.1 Å². The first-order valence-electron chi connectivity index (χ1n) is 24.2. The molecule has 4 aliphatic rings. The highest BCUT2D eigenvalue weighted by molar-refractivity contribution is 5.80. The number of aliphatic hydroxyl groups excluding tert-OH is 1. The van der Waals surface area contributed by atoms with Gasteiger partial charge in [0.2, 0.25) is 23.6 Å². The Hall–Kier alpha value is -2.30. The van der Waals surface area contributed by atoms with Crippen LogP contribution >= 0.6 is 0 Å². The van der Waals surface area contributed by atoms with Crippen molar-refractivity contribution in [3.8, 4) is 0 Å². The molecular weight excluding hydrogens is 775 g/mol. The molecule has 4 fully saturated rings. The lowest BCUT2D eigenvalue weighted by atomic mass is 9.88. The van der Waals surface area contributed by atoms with Crippen LogP contribution in [0.4, 0.5) is 8.78 Å². The summed E-state index contributed by atoms with van der Waals surface area (Å²) in [5, 5.41) is 9.62. The van der Waals surface area contributed by atoms with Crippen molar-refractivity contribution in [3.63, 3.8) is 0 Å². The van der Waals surface area contributed by atoms with Crippen molar-refractivity contribution in [2.45, 2.75) is 219 Å². The molecule has 4 heterocycles. The third-order valence-electron chi connectivity index (χ3n) is 12.1. The van der Waals surface area contributed by atoms with E-state index in [9.17, 15) is 33.1 Å². The van der Waals surface area contributed by atoms with Crippen LogP contribution in [0.15, 0.2) is 0 Å². The average molecular weight is 869 g/mol. The molecule has 358 valence electrons. The van der Waals surface area contributed by atoms with Crippen molar-refractivity contribution in [2.24, 2.45) is 52.8 Å². The Morgan fingerprint density at radius 3 is 1.31 bits per heavy atom. The number of rotatable bonds is 12. The number of carbonyl (C=O) groups is 4. The van der Waals surface area contributed by atoms with Crippen LogP contribution in [0.1, 0.15) is 182 Å². The van der Waals surface area contributed by atoms with Gasteiger partial charge in [-0.15, -0.1) is 0 Å². The minimum Gasteiger partial charge on any atom is -0.391 e. The Bertz CT molecular complexity index is 1290. The number of β-amino-alcohol motifs (C(OH)–C–C–N with tert-alkyl or cyclic N) is 1. The lowest BCUT2D eigenvalue weighted by Gasteiger charge is -2.27. The quantitative estimate of drug-likeness (QED) is 0.211. The second kappa shape index (κ2) is 25.3. The molecule has 0 aromatic heterocycles. The highest BCUT2D eigenvalue weighted by atomic mass is 19.3. The number of hydrogen-bond donors (Lipinski definition) is 1. The monoisotopic (exact) mass is 869 g/mol. The molecule has 4 aliphatic heterocycles. The summed E-state index contributed by atoms with van der Waals surface area (Å²) < 4.78 is 26.6. The molecule has 0 radical (unpaired) electrons. The highest BCUT2D eigenvalue weighted by Crippen LogP contribution is 2.38. The number of likely N-dealkylation sites (tertiary alicyclic amines) is 4. The minimum absolute atomic E-state index is 0.0324. The van der Waals surface area contributed by atoms with E-state index >= 15 is 0 Å². The molecule has 5 atom stereocenters. The van der Waals surface area contributed by atoms with Gasteiger partial charge in [0.1, 0.15) is 0 Å².